The smallest absolute Gasteiger partial charge is 0.328 e. The summed E-state index contributed by atoms with van der Waals surface area (Å²) in [6, 6.07) is 2.97. The van der Waals surface area contributed by atoms with E-state index in [1.807, 2.05) is 0 Å². The number of aliphatic carboxylic acids is 1. The van der Waals surface area contributed by atoms with Crippen molar-refractivity contribution in [3.8, 4) is 0 Å². The molecule has 1 rings (SSSR count). The van der Waals surface area contributed by atoms with Crippen LogP contribution < -0.4 is 11.1 Å². The van der Waals surface area contributed by atoms with Gasteiger partial charge in [-0.1, -0.05) is 6.07 Å². The predicted molar refractivity (Wildman–Crippen MR) is 56.3 cm³/mol. The van der Waals surface area contributed by atoms with Gasteiger partial charge in [0.1, 0.15) is 5.82 Å². The number of carbonyl (C=O) groups is 2. The van der Waals surface area contributed by atoms with Crippen LogP contribution in [0.2, 0.25) is 0 Å². The summed E-state index contributed by atoms with van der Waals surface area (Å²) in [5, 5.41) is 10.5. The summed E-state index contributed by atoms with van der Waals surface area (Å²) in [5.41, 5.74) is 5.14. The summed E-state index contributed by atoms with van der Waals surface area (Å²) in [4.78, 5) is 20.7. The van der Waals surface area contributed by atoms with E-state index < -0.39 is 17.8 Å². The molecule has 0 radical (unpaired) electrons. The highest BCUT2D eigenvalue weighted by Gasteiger charge is 2.04. The molecule has 0 aliphatic heterocycles. The van der Waals surface area contributed by atoms with Gasteiger partial charge in [-0.25, -0.2) is 14.0 Å². The topological polar surface area (TPSA) is 92.4 Å². The summed E-state index contributed by atoms with van der Waals surface area (Å²) in [6.45, 7) is 0. The van der Waals surface area contributed by atoms with Crippen molar-refractivity contribution in [2.24, 2.45) is 5.73 Å². The monoisotopic (exact) mass is 224 g/mol. The summed E-state index contributed by atoms with van der Waals surface area (Å²) >= 11 is 0. The number of rotatable bonds is 3. The summed E-state index contributed by atoms with van der Waals surface area (Å²) in [6.07, 6.45) is 2.12. The average molecular weight is 224 g/mol. The third-order valence-electron chi connectivity index (χ3n) is 1.67. The molecule has 0 spiro atoms. The SMILES string of the molecule is NC(=O)Nc1ccc(/C=C/C(=O)O)cc1F. The first-order valence-corrected chi connectivity index (χ1v) is 4.26. The molecule has 0 heterocycles. The van der Waals surface area contributed by atoms with Crippen LogP contribution in [-0.4, -0.2) is 17.1 Å². The Morgan fingerprint density at radius 2 is 2.12 bits per heavy atom. The number of anilines is 1. The van der Waals surface area contributed by atoms with Crippen molar-refractivity contribution in [1.29, 1.82) is 0 Å². The van der Waals surface area contributed by atoms with Gasteiger partial charge in [-0.15, -0.1) is 0 Å². The maximum absolute atomic E-state index is 13.3. The normalized spacial score (nSPS) is 10.3. The molecular formula is C10H9FN2O3. The Balaban J connectivity index is 2.90. The van der Waals surface area contributed by atoms with Gasteiger partial charge in [0.15, 0.2) is 0 Å². The molecule has 0 aliphatic rings. The van der Waals surface area contributed by atoms with E-state index in [9.17, 15) is 14.0 Å². The number of carbonyl (C=O) groups excluding carboxylic acids is 1. The van der Waals surface area contributed by atoms with Gasteiger partial charge in [-0.05, 0) is 23.8 Å². The number of nitrogens with two attached hydrogens (primary N) is 1. The first kappa shape index (κ1) is 11.7. The van der Waals surface area contributed by atoms with Gasteiger partial charge >= 0.3 is 12.0 Å². The van der Waals surface area contributed by atoms with Crippen LogP contribution in [0.1, 0.15) is 5.56 Å². The van der Waals surface area contributed by atoms with Crippen LogP contribution in [0.3, 0.4) is 0 Å². The molecule has 0 atom stereocenters. The second kappa shape index (κ2) is 4.92. The Morgan fingerprint density at radius 1 is 1.44 bits per heavy atom. The van der Waals surface area contributed by atoms with Crippen molar-refractivity contribution in [2.75, 3.05) is 5.32 Å². The van der Waals surface area contributed by atoms with Crippen molar-refractivity contribution in [1.82, 2.24) is 0 Å². The van der Waals surface area contributed by atoms with Crippen LogP contribution in [0.25, 0.3) is 6.08 Å². The van der Waals surface area contributed by atoms with E-state index >= 15 is 0 Å². The number of nitrogens with one attached hydrogen (secondary N) is 1. The fraction of sp³-hybridized carbons (Fsp3) is 0. The van der Waals surface area contributed by atoms with E-state index in [1.165, 1.54) is 18.2 Å². The Bertz CT molecular complexity index is 457. The minimum Gasteiger partial charge on any atom is -0.478 e. The number of hydrogen-bond donors (Lipinski definition) is 3. The number of carboxylic acid groups (broad SMARTS) is 1. The standard InChI is InChI=1S/C10H9FN2O3/c11-7-5-6(2-4-9(14)15)1-3-8(7)13-10(12)16/h1-5H,(H,14,15)(H3,12,13,16)/b4-2+. The van der Waals surface area contributed by atoms with Gasteiger partial charge < -0.3 is 16.2 Å². The highest BCUT2D eigenvalue weighted by molar-refractivity contribution is 5.88. The lowest BCUT2D eigenvalue weighted by Crippen LogP contribution is -2.19. The van der Waals surface area contributed by atoms with Crippen LogP contribution in [0.4, 0.5) is 14.9 Å². The first-order valence-electron chi connectivity index (χ1n) is 4.26. The van der Waals surface area contributed by atoms with Crippen LogP contribution >= 0.6 is 0 Å². The molecule has 0 aliphatic carbocycles. The second-order valence-corrected chi connectivity index (χ2v) is 2.90. The van der Waals surface area contributed by atoms with Gasteiger partial charge in [0, 0.05) is 6.08 Å². The molecule has 0 saturated carbocycles. The van der Waals surface area contributed by atoms with E-state index in [1.54, 1.807) is 0 Å². The average Bonchev–Trinajstić information content (AvgIpc) is 2.18. The molecule has 0 saturated heterocycles. The molecule has 5 nitrogen and oxygen atoms in total. The van der Waals surface area contributed by atoms with Crippen molar-refractivity contribution in [2.45, 2.75) is 0 Å². The van der Waals surface area contributed by atoms with Crippen LogP contribution in [-0.2, 0) is 4.79 Å². The number of carboxylic acids is 1. The van der Waals surface area contributed by atoms with Crippen LogP contribution in [0, 0.1) is 5.82 Å². The minimum absolute atomic E-state index is 0.0556. The molecule has 84 valence electrons. The Labute approximate surface area is 90.4 Å². The number of halogens is 1. The minimum atomic E-state index is -1.13. The molecular weight excluding hydrogens is 215 g/mol. The zero-order chi connectivity index (χ0) is 12.1. The third-order valence-corrected chi connectivity index (χ3v) is 1.67. The fourth-order valence-corrected chi connectivity index (χ4v) is 1.04. The molecule has 0 bridgehead atoms. The highest BCUT2D eigenvalue weighted by Crippen LogP contribution is 2.16. The highest BCUT2D eigenvalue weighted by atomic mass is 19.1. The van der Waals surface area contributed by atoms with E-state index in [-0.39, 0.29) is 5.69 Å². The number of urea groups is 1. The maximum Gasteiger partial charge on any atom is 0.328 e. The number of primary amides is 1. The number of benzene rings is 1. The summed E-state index contributed by atoms with van der Waals surface area (Å²) in [5.74, 6) is -1.81. The van der Waals surface area contributed by atoms with Gasteiger partial charge in [0.05, 0.1) is 5.69 Å². The molecule has 0 aromatic heterocycles. The van der Waals surface area contributed by atoms with Crippen molar-refractivity contribution >= 4 is 23.8 Å². The van der Waals surface area contributed by atoms with Gasteiger partial charge in [-0.2, -0.15) is 0 Å². The van der Waals surface area contributed by atoms with Crippen LogP contribution in [0.15, 0.2) is 24.3 Å². The van der Waals surface area contributed by atoms with E-state index in [0.29, 0.717) is 5.56 Å². The van der Waals surface area contributed by atoms with E-state index in [0.717, 1.165) is 12.1 Å². The molecule has 2 amide bonds. The Morgan fingerprint density at radius 3 is 2.62 bits per heavy atom. The lowest BCUT2D eigenvalue weighted by atomic mass is 10.2. The summed E-state index contributed by atoms with van der Waals surface area (Å²) in [7, 11) is 0. The quantitative estimate of drug-likeness (QED) is 0.678. The van der Waals surface area contributed by atoms with Crippen LogP contribution in [0.5, 0.6) is 0 Å². The number of hydrogen-bond acceptors (Lipinski definition) is 2. The van der Waals surface area contributed by atoms with Gasteiger partial charge in [0.2, 0.25) is 0 Å². The molecule has 6 heteroatoms. The first-order chi connectivity index (χ1) is 7.49. The number of amides is 2. The van der Waals surface area contributed by atoms with E-state index in [2.05, 4.69) is 5.32 Å². The zero-order valence-electron chi connectivity index (χ0n) is 8.11. The molecule has 0 fully saturated rings. The molecule has 1 aromatic rings. The molecule has 4 N–H and O–H groups in total. The lowest BCUT2D eigenvalue weighted by molar-refractivity contribution is -0.131. The fourth-order valence-electron chi connectivity index (χ4n) is 1.04. The van der Waals surface area contributed by atoms with Crippen molar-refractivity contribution in [3.63, 3.8) is 0 Å². The van der Waals surface area contributed by atoms with Crippen molar-refractivity contribution in [3.05, 3.63) is 35.7 Å². The molecule has 16 heavy (non-hydrogen) atoms. The maximum atomic E-state index is 13.3. The molecule has 1 aromatic carbocycles. The third kappa shape index (κ3) is 3.41. The Hall–Kier alpha value is -2.37. The van der Waals surface area contributed by atoms with Crippen molar-refractivity contribution < 1.29 is 19.1 Å². The molecule has 0 unspecified atom stereocenters. The van der Waals surface area contributed by atoms with Gasteiger partial charge in [-0.3, -0.25) is 0 Å². The van der Waals surface area contributed by atoms with E-state index in [4.69, 9.17) is 10.8 Å². The summed E-state index contributed by atoms with van der Waals surface area (Å²) < 4.78 is 13.3. The Kier molecular flexibility index (Phi) is 3.60. The zero-order valence-corrected chi connectivity index (χ0v) is 8.11. The predicted octanol–water partition coefficient (Wildman–Crippen LogP) is 1.41. The largest absolute Gasteiger partial charge is 0.478 e. The van der Waals surface area contributed by atoms with Gasteiger partial charge in [0.25, 0.3) is 0 Å². The lowest BCUT2D eigenvalue weighted by Gasteiger charge is -2.03. The second-order valence-electron chi connectivity index (χ2n) is 2.90.